The van der Waals surface area contributed by atoms with Gasteiger partial charge in [0.25, 0.3) is 0 Å². The summed E-state index contributed by atoms with van der Waals surface area (Å²) >= 11 is 0. The fourth-order valence-electron chi connectivity index (χ4n) is 1.29. The van der Waals surface area contributed by atoms with Gasteiger partial charge >= 0.3 is 0 Å². The fourth-order valence-corrected chi connectivity index (χ4v) is 1.29. The van der Waals surface area contributed by atoms with E-state index in [1.165, 1.54) is 0 Å². The first-order valence-corrected chi connectivity index (χ1v) is 5.25. The summed E-state index contributed by atoms with van der Waals surface area (Å²) in [5, 5.41) is 8.59. The Hall–Kier alpha value is -0.830. The Bertz CT molecular complexity index is 186. The monoisotopic (exact) mass is 199 g/mol. The molecule has 0 heterocycles. The van der Waals surface area contributed by atoms with Crippen LogP contribution in [0.4, 0.5) is 0 Å². The maximum atomic E-state index is 11.7. The molecule has 0 aromatic carbocycles. The van der Waals surface area contributed by atoms with Crippen LogP contribution in [0, 0.1) is 0 Å². The van der Waals surface area contributed by atoms with Crippen molar-refractivity contribution in [2.24, 2.45) is 0 Å². The molecule has 82 valence electrons. The molecule has 0 radical (unpaired) electrons. The summed E-state index contributed by atoms with van der Waals surface area (Å²) in [6, 6.07) is 0. The van der Waals surface area contributed by atoms with Gasteiger partial charge in [-0.3, -0.25) is 4.79 Å². The van der Waals surface area contributed by atoms with Crippen LogP contribution in [0.25, 0.3) is 0 Å². The van der Waals surface area contributed by atoms with Gasteiger partial charge in [-0.25, -0.2) is 0 Å². The van der Waals surface area contributed by atoms with Crippen LogP contribution in [-0.2, 0) is 4.79 Å². The van der Waals surface area contributed by atoms with Crippen LogP contribution < -0.4 is 0 Å². The number of aliphatic hydroxyl groups is 1. The first-order valence-electron chi connectivity index (χ1n) is 5.25. The summed E-state index contributed by atoms with van der Waals surface area (Å²) in [5.74, 6) is 0.0490. The van der Waals surface area contributed by atoms with Crippen molar-refractivity contribution in [1.82, 2.24) is 4.90 Å². The van der Waals surface area contributed by atoms with Crippen molar-refractivity contribution in [3.05, 3.63) is 12.2 Å². The van der Waals surface area contributed by atoms with E-state index in [4.69, 9.17) is 5.11 Å². The first kappa shape index (κ1) is 13.2. The van der Waals surface area contributed by atoms with E-state index in [-0.39, 0.29) is 12.5 Å². The minimum absolute atomic E-state index is 0.0490. The lowest BCUT2D eigenvalue weighted by molar-refractivity contribution is -0.126. The van der Waals surface area contributed by atoms with Crippen LogP contribution in [0.1, 0.15) is 33.1 Å². The predicted molar refractivity (Wildman–Crippen MR) is 58.0 cm³/mol. The largest absolute Gasteiger partial charge is 0.396 e. The topological polar surface area (TPSA) is 40.5 Å². The Morgan fingerprint density at radius 1 is 1.29 bits per heavy atom. The molecule has 1 N–H and O–H groups in total. The average Bonchev–Trinajstić information content (AvgIpc) is 2.19. The molecule has 3 heteroatoms. The molecule has 0 spiro atoms. The lowest BCUT2D eigenvalue weighted by Crippen LogP contribution is -2.31. The molecule has 14 heavy (non-hydrogen) atoms. The van der Waals surface area contributed by atoms with E-state index >= 15 is 0 Å². The normalized spacial score (nSPS) is 9.93. The molecule has 0 aromatic rings. The van der Waals surface area contributed by atoms with Gasteiger partial charge < -0.3 is 10.0 Å². The minimum Gasteiger partial charge on any atom is -0.396 e. The van der Waals surface area contributed by atoms with E-state index in [0.29, 0.717) is 12.0 Å². The second-order valence-electron chi connectivity index (χ2n) is 3.26. The fraction of sp³-hybridized carbons (Fsp3) is 0.727. The predicted octanol–water partition coefficient (Wildman–Crippen LogP) is 1.57. The quantitative estimate of drug-likeness (QED) is 0.499. The zero-order chi connectivity index (χ0) is 11.0. The Labute approximate surface area is 86.4 Å². The van der Waals surface area contributed by atoms with Crippen molar-refractivity contribution in [1.29, 1.82) is 0 Å². The molecular weight excluding hydrogens is 178 g/mol. The van der Waals surface area contributed by atoms with E-state index in [2.05, 4.69) is 6.58 Å². The molecule has 0 aromatic heterocycles. The molecule has 0 bridgehead atoms. The highest BCUT2D eigenvalue weighted by Crippen LogP contribution is 2.08. The van der Waals surface area contributed by atoms with Gasteiger partial charge in [-0.1, -0.05) is 6.58 Å². The van der Waals surface area contributed by atoms with Crippen molar-refractivity contribution < 1.29 is 9.90 Å². The summed E-state index contributed by atoms with van der Waals surface area (Å²) in [6.07, 6.45) is 2.27. The zero-order valence-electron chi connectivity index (χ0n) is 9.25. The third-order valence-corrected chi connectivity index (χ3v) is 2.24. The number of carbonyl (C=O) groups excluding carboxylic acids is 1. The molecule has 0 saturated heterocycles. The Morgan fingerprint density at radius 2 is 1.86 bits per heavy atom. The van der Waals surface area contributed by atoms with E-state index in [0.717, 1.165) is 25.9 Å². The van der Waals surface area contributed by atoms with Crippen LogP contribution in [-0.4, -0.2) is 35.6 Å². The standard InChI is InChI=1S/C11H21NO2/c1-4-12(5-2)11(14)10(3)8-6-7-9-13/h13H,3-9H2,1-2H3. The number of likely N-dealkylation sites (N-methyl/N-ethyl adjacent to an activating group) is 1. The summed E-state index contributed by atoms with van der Waals surface area (Å²) in [4.78, 5) is 13.4. The average molecular weight is 199 g/mol. The minimum atomic E-state index is 0.0490. The van der Waals surface area contributed by atoms with Gasteiger partial charge in [-0.05, 0) is 33.1 Å². The highest BCUT2D eigenvalue weighted by atomic mass is 16.2. The molecule has 0 unspecified atom stereocenters. The Morgan fingerprint density at radius 3 is 2.29 bits per heavy atom. The molecule has 0 saturated carbocycles. The van der Waals surface area contributed by atoms with E-state index in [1.807, 2.05) is 13.8 Å². The van der Waals surface area contributed by atoms with Crippen LogP contribution in [0.5, 0.6) is 0 Å². The van der Waals surface area contributed by atoms with Gasteiger partial charge in [0.1, 0.15) is 0 Å². The maximum absolute atomic E-state index is 11.7. The third-order valence-electron chi connectivity index (χ3n) is 2.24. The Kier molecular flexibility index (Phi) is 7.11. The summed E-state index contributed by atoms with van der Waals surface area (Å²) in [6.45, 7) is 9.34. The van der Waals surface area contributed by atoms with E-state index < -0.39 is 0 Å². The highest BCUT2D eigenvalue weighted by Gasteiger charge is 2.12. The van der Waals surface area contributed by atoms with Gasteiger partial charge in [0, 0.05) is 25.3 Å². The summed E-state index contributed by atoms with van der Waals surface area (Å²) in [5.41, 5.74) is 0.655. The van der Waals surface area contributed by atoms with Crippen molar-refractivity contribution in [3.8, 4) is 0 Å². The molecule has 0 rings (SSSR count). The second kappa shape index (κ2) is 7.56. The van der Waals surface area contributed by atoms with Crippen molar-refractivity contribution in [3.63, 3.8) is 0 Å². The van der Waals surface area contributed by atoms with Gasteiger partial charge in [-0.15, -0.1) is 0 Å². The smallest absolute Gasteiger partial charge is 0.249 e. The van der Waals surface area contributed by atoms with Gasteiger partial charge in [0.05, 0.1) is 0 Å². The first-order chi connectivity index (χ1) is 6.67. The zero-order valence-corrected chi connectivity index (χ0v) is 9.25. The number of hydrogen-bond acceptors (Lipinski definition) is 2. The van der Waals surface area contributed by atoms with Crippen LogP contribution in [0.2, 0.25) is 0 Å². The summed E-state index contributed by atoms with van der Waals surface area (Å²) < 4.78 is 0. The van der Waals surface area contributed by atoms with Gasteiger partial charge in [0.2, 0.25) is 5.91 Å². The number of nitrogens with zero attached hydrogens (tertiary/aromatic N) is 1. The highest BCUT2D eigenvalue weighted by molar-refractivity contribution is 5.92. The number of rotatable bonds is 7. The number of aliphatic hydroxyl groups excluding tert-OH is 1. The third kappa shape index (κ3) is 4.42. The summed E-state index contributed by atoms with van der Waals surface area (Å²) in [7, 11) is 0. The Balaban J connectivity index is 3.91. The van der Waals surface area contributed by atoms with E-state index in [9.17, 15) is 4.79 Å². The molecule has 0 fully saturated rings. The lowest BCUT2D eigenvalue weighted by Gasteiger charge is -2.19. The molecule has 0 aliphatic heterocycles. The molecule has 0 aliphatic carbocycles. The molecule has 0 atom stereocenters. The number of carbonyl (C=O) groups is 1. The molecule has 1 amide bonds. The number of hydrogen-bond donors (Lipinski definition) is 1. The van der Waals surface area contributed by atoms with Crippen LogP contribution >= 0.6 is 0 Å². The molecular formula is C11H21NO2. The second-order valence-corrected chi connectivity index (χ2v) is 3.26. The maximum Gasteiger partial charge on any atom is 0.249 e. The van der Waals surface area contributed by atoms with Crippen LogP contribution in [0.15, 0.2) is 12.2 Å². The van der Waals surface area contributed by atoms with Crippen LogP contribution in [0.3, 0.4) is 0 Å². The lowest BCUT2D eigenvalue weighted by atomic mass is 10.1. The van der Waals surface area contributed by atoms with Gasteiger partial charge in [0.15, 0.2) is 0 Å². The van der Waals surface area contributed by atoms with Crippen molar-refractivity contribution in [2.75, 3.05) is 19.7 Å². The van der Waals surface area contributed by atoms with Crippen molar-refractivity contribution in [2.45, 2.75) is 33.1 Å². The van der Waals surface area contributed by atoms with Gasteiger partial charge in [-0.2, -0.15) is 0 Å². The molecule has 3 nitrogen and oxygen atoms in total. The number of amides is 1. The molecule has 0 aliphatic rings. The number of unbranched alkanes of at least 4 members (excludes halogenated alkanes) is 1. The SMILES string of the molecule is C=C(CCCCO)C(=O)N(CC)CC. The van der Waals surface area contributed by atoms with E-state index in [1.54, 1.807) is 4.90 Å². The van der Waals surface area contributed by atoms with Crippen molar-refractivity contribution >= 4 is 5.91 Å².